The molecule has 2 aromatic carbocycles. The van der Waals surface area contributed by atoms with E-state index in [2.05, 4.69) is 10.1 Å². The van der Waals surface area contributed by atoms with Gasteiger partial charge in [-0.3, -0.25) is 4.79 Å². The molecule has 1 unspecified atom stereocenters. The van der Waals surface area contributed by atoms with Gasteiger partial charge in [0.2, 0.25) is 17.6 Å². The van der Waals surface area contributed by atoms with Crippen LogP contribution in [0.15, 0.2) is 59.1 Å². The molecule has 0 saturated carbocycles. The smallest absolute Gasteiger partial charge is 0.231 e. The van der Waals surface area contributed by atoms with E-state index in [1.54, 1.807) is 17.0 Å². The zero-order valence-electron chi connectivity index (χ0n) is 14.1. The molecule has 0 bridgehead atoms. The molecule has 1 saturated heterocycles. The summed E-state index contributed by atoms with van der Waals surface area (Å²) >= 11 is 0. The summed E-state index contributed by atoms with van der Waals surface area (Å²) in [5.41, 5.74) is 1.72. The van der Waals surface area contributed by atoms with Crippen molar-refractivity contribution >= 4 is 5.91 Å². The second kappa shape index (κ2) is 7.07. The van der Waals surface area contributed by atoms with Crippen molar-refractivity contribution in [1.29, 1.82) is 0 Å². The first-order valence-electron chi connectivity index (χ1n) is 8.60. The molecule has 1 aliphatic rings. The minimum atomic E-state index is -0.298. The predicted molar refractivity (Wildman–Crippen MR) is 93.8 cm³/mol. The van der Waals surface area contributed by atoms with Gasteiger partial charge in [0.1, 0.15) is 5.82 Å². The average molecular weight is 351 g/mol. The minimum Gasteiger partial charge on any atom is -0.342 e. The Labute approximate surface area is 150 Å². The number of carbonyl (C=O) groups is 1. The maximum atomic E-state index is 13.0. The monoisotopic (exact) mass is 351 g/mol. The van der Waals surface area contributed by atoms with Gasteiger partial charge in [0.05, 0.1) is 12.3 Å². The highest BCUT2D eigenvalue weighted by Crippen LogP contribution is 2.28. The topological polar surface area (TPSA) is 59.2 Å². The van der Waals surface area contributed by atoms with Gasteiger partial charge < -0.3 is 9.42 Å². The maximum absolute atomic E-state index is 13.0. The number of benzene rings is 2. The molecule has 0 N–H and O–H groups in total. The molecular weight excluding hydrogens is 333 g/mol. The van der Waals surface area contributed by atoms with Crippen molar-refractivity contribution in [3.8, 4) is 11.4 Å². The van der Waals surface area contributed by atoms with E-state index < -0.39 is 0 Å². The number of likely N-dealkylation sites (tertiary alicyclic amines) is 1. The Morgan fingerprint density at radius 3 is 2.69 bits per heavy atom. The molecule has 6 heteroatoms. The van der Waals surface area contributed by atoms with Gasteiger partial charge in [-0.05, 0) is 24.1 Å². The van der Waals surface area contributed by atoms with Crippen LogP contribution in [0.2, 0.25) is 0 Å². The first-order chi connectivity index (χ1) is 12.7. The van der Waals surface area contributed by atoms with Crippen LogP contribution >= 0.6 is 0 Å². The van der Waals surface area contributed by atoms with Gasteiger partial charge in [-0.25, -0.2) is 4.39 Å². The molecule has 5 nitrogen and oxygen atoms in total. The molecule has 1 atom stereocenters. The van der Waals surface area contributed by atoms with Crippen molar-refractivity contribution in [3.05, 3.63) is 71.9 Å². The number of hydrogen-bond acceptors (Lipinski definition) is 4. The van der Waals surface area contributed by atoms with E-state index >= 15 is 0 Å². The molecule has 1 aliphatic heterocycles. The zero-order valence-corrected chi connectivity index (χ0v) is 14.1. The zero-order chi connectivity index (χ0) is 17.9. The van der Waals surface area contributed by atoms with Crippen molar-refractivity contribution in [2.75, 3.05) is 13.1 Å². The van der Waals surface area contributed by atoms with Gasteiger partial charge in [0.15, 0.2) is 0 Å². The summed E-state index contributed by atoms with van der Waals surface area (Å²) in [6.07, 6.45) is 1.07. The van der Waals surface area contributed by atoms with Crippen LogP contribution in [0.25, 0.3) is 11.4 Å². The molecule has 3 aromatic rings. The Balaban J connectivity index is 1.40. The molecule has 0 radical (unpaired) electrons. The van der Waals surface area contributed by atoms with Crippen molar-refractivity contribution in [3.63, 3.8) is 0 Å². The number of rotatable bonds is 4. The number of nitrogens with zero attached hydrogens (tertiary/aromatic N) is 3. The van der Waals surface area contributed by atoms with Crippen LogP contribution in [-0.4, -0.2) is 34.0 Å². The predicted octanol–water partition coefficient (Wildman–Crippen LogP) is 3.43. The van der Waals surface area contributed by atoms with Crippen molar-refractivity contribution in [2.45, 2.75) is 18.8 Å². The van der Waals surface area contributed by atoms with E-state index in [9.17, 15) is 9.18 Å². The van der Waals surface area contributed by atoms with Gasteiger partial charge >= 0.3 is 0 Å². The molecule has 0 spiro atoms. The molecule has 1 fully saturated rings. The van der Waals surface area contributed by atoms with Crippen molar-refractivity contribution < 1.29 is 13.7 Å². The van der Waals surface area contributed by atoms with E-state index in [0.717, 1.165) is 17.5 Å². The molecule has 26 heavy (non-hydrogen) atoms. The third-order valence-corrected chi connectivity index (χ3v) is 4.63. The Bertz CT molecular complexity index is 893. The van der Waals surface area contributed by atoms with E-state index in [0.29, 0.717) is 24.8 Å². The fraction of sp³-hybridized carbons (Fsp3) is 0.250. The van der Waals surface area contributed by atoms with Crippen LogP contribution in [0.4, 0.5) is 4.39 Å². The average Bonchev–Trinajstić information content (AvgIpc) is 3.34. The number of aromatic nitrogens is 2. The molecule has 132 valence electrons. The second-order valence-electron chi connectivity index (χ2n) is 6.45. The summed E-state index contributed by atoms with van der Waals surface area (Å²) in [4.78, 5) is 18.8. The van der Waals surface area contributed by atoms with Crippen molar-refractivity contribution in [2.24, 2.45) is 0 Å². The minimum absolute atomic E-state index is 0.0295. The van der Waals surface area contributed by atoms with Crippen LogP contribution in [0.1, 0.15) is 23.8 Å². The third kappa shape index (κ3) is 3.49. The van der Waals surface area contributed by atoms with E-state index in [1.807, 2.05) is 30.3 Å². The first kappa shape index (κ1) is 16.4. The van der Waals surface area contributed by atoms with Crippen molar-refractivity contribution in [1.82, 2.24) is 15.0 Å². The van der Waals surface area contributed by atoms with Crippen LogP contribution in [0.3, 0.4) is 0 Å². The summed E-state index contributed by atoms with van der Waals surface area (Å²) in [6, 6.07) is 15.7. The molecule has 4 rings (SSSR count). The van der Waals surface area contributed by atoms with Crippen LogP contribution in [-0.2, 0) is 11.2 Å². The number of amides is 1. The SMILES string of the molecule is O=C(Cc1ccc(F)cc1)N1CCC(c2nc(-c3ccccc3)no2)C1. The lowest BCUT2D eigenvalue weighted by atomic mass is 10.1. The molecule has 0 aliphatic carbocycles. The quantitative estimate of drug-likeness (QED) is 0.722. The summed E-state index contributed by atoms with van der Waals surface area (Å²) in [5.74, 6) is 0.921. The van der Waals surface area contributed by atoms with Crippen LogP contribution in [0, 0.1) is 5.82 Å². The number of carbonyl (C=O) groups excluding carboxylic acids is 1. The maximum Gasteiger partial charge on any atom is 0.231 e. The number of halogens is 1. The van der Waals surface area contributed by atoms with Crippen LogP contribution < -0.4 is 0 Å². The Kier molecular flexibility index (Phi) is 4.48. The highest BCUT2D eigenvalue weighted by atomic mass is 19.1. The largest absolute Gasteiger partial charge is 0.342 e. The standard InChI is InChI=1S/C20H18FN3O2/c21-17-8-6-14(7-9-17)12-18(25)24-11-10-16(13-24)20-22-19(23-26-20)15-4-2-1-3-5-15/h1-9,16H,10-13H2. The van der Waals surface area contributed by atoms with Gasteiger partial charge in [0, 0.05) is 18.7 Å². The molecule has 2 heterocycles. The van der Waals surface area contributed by atoms with E-state index in [-0.39, 0.29) is 24.1 Å². The molecular formula is C20H18FN3O2. The number of hydrogen-bond donors (Lipinski definition) is 0. The highest BCUT2D eigenvalue weighted by Gasteiger charge is 2.31. The van der Waals surface area contributed by atoms with Gasteiger partial charge in [-0.1, -0.05) is 47.6 Å². The fourth-order valence-corrected chi connectivity index (χ4v) is 3.18. The molecule has 1 amide bonds. The Morgan fingerprint density at radius 1 is 1.15 bits per heavy atom. The Morgan fingerprint density at radius 2 is 1.92 bits per heavy atom. The summed E-state index contributed by atoms with van der Waals surface area (Å²) < 4.78 is 18.4. The van der Waals surface area contributed by atoms with Gasteiger partial charge in [0.25, 0.3) is 0 Å². The van der Waals surface area contributed by atoms with Gasteiger partial charge in [-0.2, -0.15) is 4.98 Å². The van der Waals surface area contributed by atoms with E-state index in [4.69, 9.17) is 4.52 Å². The van der Waals surface area contributed by atoms with Crippen LogP contribution in [0.5, 0.6) is 0 Å². The third-order valence-electron chi connectivity index (χ3n) is 4.63. The van der Waals surface area contributed by atoms with E-state index in [1.165, 1.54) is 12.1 Å². The Hall–Kier alpha value is -3.02. The molecule has 1 aromatic heterocycles. The normalized spacial score (nSPS) is 16.8. The highest BCUT2D eigenvalue weighted by molar-refractivity contribution is 5.79. The lowest BCUT2D eigenvalue weighted by Gasteiger charge is -2.15. The summed E-state index contributed by atoms with van der Waals surface area (Å²) in [6.45, 7) is 1.23. The lowest BCUT2D eigenvalue weighted by molar-refractivity contribution is -0.129. The summed E-state index contributed by atoms with van der Waals surface area (Å²) in [7, 11) is 0. The summed E-state index contributed by atoms with van der Waals surface area (Å²) in [5, 5.41) is 4.05. The lowest BCUT2D eigenvalue weighted by Crippen LogP contribution is -2.29. The fourth-order valence-electron chi connectivity index (χ4n) is 3.18. The second-order valence-corrected chi connectivity index (χ2v) is 6.45. The first-order valence-corrected chi connectivity index (χ1v) is 8.60. The van der Waals surface area contributed by atoms with Gasteiger partial charge in [-0.15, -0.1) is 0 Å².